The van der Waals surface area contributed by atoms with Gasteiger partial charge in [-0.15, -0.1) is 0 Å². The maximum atomic E-state index is 7.38. The van der Waals surface area contributed by atoms with E-state index in [1.54, 1.807) is 6.07 Å². The van der Waals surface area contributed by atoms with Crippen LogP contribution in [0.25, 0.3) is 10.8 Å². The van der Waals surface area contributed by atoms with Gasteiger partial charge in [0.25, 0.3) is 0 Å². The van der Waals surface area contributed by atoms with Crippen molar-refractivity contribution >= 4 is 26.7 Å². The van der Waals surface area contributed by atoms with Crippen LogP contribution in [-0.4, -0.2) is 4.98 Å². The zero-order valence-corrected chi connectivity index (χ0v) is 7.80. The van der Waals surface area contributed by atoms with Crippen molar-refractivity contribution in [2.75, 3.05) is 0 Å². The van der Waals surface area contributed by atoms with E-state index >= 15 is 0 Å². The average Bonchev–Trinajstić information content (AvgIpc) is 2.17. The van der Waals surface area contributed by atoms with Crippen LogP contribution >= 0.6 is 15.9 Å². The Kier molecular flexibility index (Phi) is 1.19. The fraction of sp³-hybridized carbons (Fsp3) is 0.100. The van der Waals surface area contributed by atoms with E-state index < -0.39 is 6.85 Å². The molecule has 0 unspecified atom stereocenters. The predicted molar refractivity (Wildman–Crippen MR) is 54.2 cm³/mol. The Bertz CT molecular complexity index is 507. The van der Waals surface area contributed by atoms with E-state index in [9.17, 15) is 0 Å². The number of rotatable bonds is 0. The number of aromatic nitrogens is 1. The topological polar surface area (TPSA) is 12.9 Å². The normalized spacial score (nSPS) is 15.2. The molecule has 1 aromatic heterocycles. The third-order valence-corrected chi connectivity index (χ3v) is 2.38. The van der Waals surface area contributed by atoms with E-state index in [0.29, 0.717) is 5.39 Å². The molecule has 0 saturated heterocycles. The zero-order valence-electron chi connectivity index (χ0n) is 9.21. The van der Waals surface area contributed by atoms with E-state index in [1.807, 2.05) is 18.2 Å². The molecule has 60 valence electrons. The highest BCUT2D eigenvalue weighted by molar-refractivity contribution is 9.10. The Balaban J connectivity index is 2.84. The molecule has 0 N–H and O–H groups in total. The van der Waals surface area contributed by atoms with Crippen molar-refractivity contribution in [1.29, 1.82) is 0 Å². The van der Waals surface area contributed by atoms with Gasteiger partial charge in [0, 0.05) is 25.9 Å². The molecular formula is C10H8BrN. The molecule has 2 rings (SSSR count). The van der Waals surface area contributed by atoms with Gasteiger partial charge in [0.1, 0.15) is 0 Å². The predicted octanol–water partition coefficient (Wildman–Crippen LogP) is 3.31. The molecule has 2 aromatic rings. The Morgan fingerprint density at radius 3 is 2.83 bits per heavy atom. The summed E-state index contributed by atoms with van der Waals surface area (Å²) in [6.07, 6.45) is 1.53. The first-order valence-electron chi connectivity index (χ1n) is 5.04. The van der Waals surface area contributed by atoms with Crippen molar-refractivity contribution in [3.63, 3.8) is 0 Å². The van der Waals surface area contributed by atoms with Crippen LogP contribution in [0.4, 0.5) is 0 Å². The van der Waals surface area contributed by atoms with Gasteiger partial charge in [-0.3, -0.25) is 4.98 Å². The van der Waals surface area contributed by atoms with Gasteiger partial charge in [0.2, 0.25) is 0 Å². The molecular weight excluding hydrogens is 214 g/mol. The number of aryl methyl sites for hydroxylation is 1. The van der Waals surface area contributed by atoms with Gasteiger partial charge >= 0.3 is 0 Å². The molecule has 12 heavy (non-hydrogen) atoms. The number of hydrogen-bond donors (Lipinski definition) is 0. The van der Waals surface area contributed by atoms with Crippen molar-refractivity contribution in [3.05, 3.63) is 40.6 Å². The van der Waals surface area contributed by atoms with Crippen LogP contribution in [0.15, 0.2) is 34.9 Å². The fourth-order valence-corrected chi connectivity index (χ4v) is 1.61. The van der Waals surface area contributed by atoms with E-state index in [1.165, 1.54) is 6.20 Å². The lowest BCUT2D eigenvalue weighted by atomic mass is 10.1. The Morgan fingerprint density at radius 2 is 2.08 bits per heavy atom. The zero-order chi connectivity index (χ0) is 11.1. The van der Waals surface area contributed by atoms with Gasteiger partial charge in [-0.2, -0.15) is 0 Å². The number of pyridine rings is 1. The SMILES string of the molecule is [2H]C([2H])([2H])c1ncc(Br)c2ccccc12. The summed E-state index contributed by atoms with van der Waals surface area (Å²) in [6.45, 7) is -2.17. The number of fused-ring (bicyclic) bond motifs is 1. The first-order valence-corrected chi connectivity index (χ1v) is 4.33. The molecule has 0 spiro atoms. The lowest BCUT2D eigenvalue weighted by molar-refractivity contribution is 1.23. The summed E-state index contributed by atoms with van der Waals surface area (Å²) in [5, 5.41) is 1.55. The van der Waals surface area contributed by atoms with Gasteiger partial charge < -0.3 is 0 Å². The van der Waals surface area contributed by atoms with Gasteiger partial charge in [-0.25, -0.2) is 0 Å². The molecule has 0 aliphatic carbocycles. The van der Waals surface area contributed by atoms with Crippen LogP contribution in [-0.2, 0) is 0 Å². The highest BCUT2D eigenvalue weighted by Crippen LogP contribution is 2.24. The highest BCUT2D eigenvalue weighted by Gasteiger charge is 1.99. The van der Waals surface area contributed by atoms with E-state index in [4.69, 9.17) is 4.11 Å². The molecule has 0 fully saturated rings. The van der Waals surface area contributed by atoms with Gasteiger partial charge in [-0.1, -0.05) is 24.3 Å². The Labute approximate surface area is 83.8 Å². The maximum Gasteiger partial charge on any atom is 0.0451 e. The lowest BCUT2D eigenvalue weighted by Gasteiger charge is -2.01. The fourth-order valence-electron chi connectivity index (χ4n) is 1.16. The highest BCUT2D eigenvalue weighted by atomic mass is 79.9. The minimum absolute atomic E-state index is 0.154. The molecule has 0 atom stereocenters. The van der Waals surface area contributed by atoms with E-state index in [0.717, 1.165) is 9.86 Å². The standard InChI is InChI=1S/C10H8BrN/c1-7-8-4-2-3-5-9(8)10(11)6-12-7/h2-6H,1H3/i1D3. The summed E-state index contributed by atoms with van der Waals surface area (Å²) < 4.78 is 23.0. The summed E-state index contributed by atoms with van der Waals surface area (Å²) in [5.74, 6) is 0. The smallest absolute Gasteiger partial charge is 0.0451 e. The summed E-state index contributed by atoms with van der Waals surface area (Å²) in [5.41, 5.74) is 0.154. The second-order valence-corrected chi connectivity index (χ2v) is 3.35. The van der Waals surface area contributed by atoms with Crippen LogP contribution in [0.3, 0.4) is 0 Å². The number of halogens is 1. The minimum Gasteiger partial charge on any atom is -0.260 e. The van der Waals surface area contributed by atoms with Crippen LogP contribution < -0.4 is 0 Å². The van der Waals surface area contributed by atoms with Crippen LogP contribution in [0.2, 0.25) is 0 Å². The molecule has 0 aliphatic heterocycles. The Morgan fingerprint density at radius 1 is 1.33 bits per heavy atom. The van der Waals surface area contributed by atoms with Gasteiger partial charge in [0.15, 0.2) is 0 Å². The summed E-state index contributed by atoms with van der Waals surface area (Å²) in [6, 6.07) is 7.33. The summed E-state index contributed by atoms with van der Waals surface area (Å²) in [7, 11) is 0. The number of hydrogen-bond acceptors (Lipinski definition) is 1. The minimum atomic E-state index is -2.17. The molecule has 1 aromatic carbocycles. The van der Waals surface area contributed by atoms with Crippen molar-refractivity contribution in [1.82, 2.24) is 4.98 Å². The molecule has 0 amide bonds. The van der Waals surface area contributed by atoms with Gasteiger partial charge in [0.05, 0.1) is 0 Å². The largest absolute Gasteiger partial charge is 0.260 e. The first kappa shape index (κ1) is 4.97. The maximum absolute atomic E-state index is 7.38. The average molecular weight is 225 g/mol. The molecule has 0 aliphatic rings. The Hall–Kier alpha value is -0.890. The van der Waals surface area contributed by atoms with Crippen molar-refractivity contribution < 1.29 is 4.11 Å². The molecule has 0 saturated carbocycles. The molecule has 1 nitrogen and oxygen atoms in total. The number of benzene rings is 1. The third kappa shape index (κ3) is 1.12. The quantitative estimate of drug-likeness (QED) is 0.670. The summed E-state index contributed by atoms with van der Waals surface area (Å²) >= 11 is 3.35. The number of nitrogens with zero attached hydrogens (tertiary/aromatic N) is 1. The first-order chi connectivity index (χ1) is 7.00. The molecule has 2 heteroatoms. The van der Waals surface area contributed by atoms with Crippen molar-refractivity contribution in [2.45, 2.75) is 6.85 Å². The molecule has 0 bridgehead atoms. The van der Waals surface area contributed by atoms with E-state index in [-0.39, 0.29) is 5.69 Å². The summed E-state index contributed by atoms with van der Waals surface area (Å²) in [4.78, 5) is 3.97. The second kappa shape index (κ2) is 2.87. The van der Waals surface area contributed by atoms with E-state index in [2.05, 4.69) is 20.9 Å². The van der Waals surface area contributed by atoms with Gasteiger partial charge in [-0.05, 0) is 28.2 Å². The molecule has 1 heterocycles. The van der Waals surface area contributed by atoms with Crippen LogP contribution in [0.5, 0.6) is 0 Å². The third-order valence-electron chi connectivity index (χ3n) is 1.75. The monoisotopic (exact) mass is 224 g/mol. The van der Waals surface area contributed by atoms with Crippen LogP contribution in [0.1, 0.15) is 9.81 Å². The molecule has 0 radical (unpaired) electrons. The van der Waals surface area contributed by atoms with Crippen molar-refractivity contribution in [2.24, 2.45) is 0 Å². The second-order valence-electron chi connectivity index (χ2n) is 2.50. The van der Waals surface area contributed by atoms with Crippen molar-refractivity contribution in [3.8, 4) is 0 Å². The lowest BCUT2D eigenvalue weighted by Crippen LogP contribution is -1.83. The van der Waals surface area contributed by atoms with Crippen LogP contribution in [0, 0.1) is 6.85 Å².